The van der Waals surface area contributed by atoms with Gasteiger partial charge in [0, 0.05) is 23.8 Å². The van der Waals surface area contributed by atoms with Crippen LogP contribution in [0, 0.1) is 6.92 Å². The highest BCUT2D eigenvalue weighted by molar-refractivity contribution is 8.01. The van der Waals surface area contributed by atoms with Gasteiger partial charge in [0.05, 0.1) is 24.0 Å². The molecule has 41 heavy (non-hydrogen) atoms. The van der Waals surface area contributed by atoms with Crippen LogP contribution in [-0.2, 0) is 9.59 Å². The SMILES string of the molecule is CNCC(=O)N[C@@H]1CC[C@H](NC(=O)C2Sc3nccc4c3C2NC(=O)N4c2ccc(Oc3ccccc3)cc2C)C1. The smallest absolute Gasteiger partial charge is 0.327 e. The summed E-state index contributed by atoms with van der Waals surface area (Å²) in [4.78, 5) is 45.2. The van der Waals surface area contributed by atoms with E-state index < -0.39 is 11.3 Å². The monoisotopic (exact) mass is 572 g/mol. The number of pyridine rings is 1. The van der Waals surface area contributed by atoms with Crippen LogP contribution in [0.2, 0.25) is 0 Å². The molecule has 2 aromatic carbocycles. The van der Waals surface area contributed by atoms with Crippen LogP contribution in [0.5, 0.6) is 11.5 Å². The highest BCUT2D eigenvalue weighted by Gasteiger charge is 2.47. The minimum atomic E-state index is -0.537. The molecule has 4 N–H and O–H groups in total. The van der Waals surface area contributed by atoms with Gasteiger partial charge in [0.2, 0.25) is 11.8 Å². The maximum Gasteiger partial charge on any atom is 0.327 e. The van der Waals surface area contributed by atoms with Gasteiger partial charge in [-0.3, -0.25) is 14.5 Å². The molecule has 0 radical (unpaired) electrons. The Morgan fingerprint density at radius 3 is 2.59 bits per heavy atom. The molecule has 1 saturated carbocycles. The van der Waals surface area contributed by atoms with Crippen molar-refractivity contribution in [3.63, 3.8) is 0 Å². The van der Waals surface area contributed by atoms with E-state index in [-0.39, 0.29) is 36.5 Å². The third-order valence-electron chi connectivity index (χ3n) is 7.63. The molecular formula is C30H32N6O4S. The average molecular weight is 573 g/mol. The number of para-hydroxylation sites is 1. The van der Waals surface area contributed by atoms with Gasteiger partial charge < -0.3 is 26.0 Å². The molecule has 1 fully saturated rings. The number of benzene rings is 2. The summed E-state index contributed by atoms with van der Waals surface area (Å²) in [6.45, 7) is 2.21. The van der Waals surface area contributed by atoms with Crippen LogP contribution < -0.4 is 30.9 Å². The summed E-state index contributed by atoms with van der Waals surface area (Å²) >= 11 is 1.38. The maximum absolute atomic E-state index is 13.6. The fourth-order valence-corrected chi connectivity index (χ4v) is 7.03. The Morgan fingerprint density at radius 1 is 1.05 bits per heavy atom. The zero-order chi connectivity index (χ0) is 28.5. The molecule has 0 spiro atoms. The summed E-state index contributed by atoms with van der Waals surface area (Å²) in [5.74, 6) is 1.23. The Labute approximate surface area is 242 Å². The minimum Gasteiger partial charge on any atom is -0.457 e. The number of amides is 4. The highest BCUT2D eigenvalue weighted by Crippen LogP contribution is 2.51. The van der Waals surface area contributed by atoms with E-state index in [9.17, 15) is 14.4 Å². The first-order valence-electron chi connectivity index (χ1n) is 13.8. The lowest BCUT2D eigenvalue weighted by Gasteiger charge is -2.35. The third kappa shape index (κ3) is 5.47. The molecule has 3 aliphatic rings. The molecule has 3 aromatic rings. The normalized spacial score (nSPS) is 22.6. The second-order valence-corrected chi connectivity index (χ2v) is 11.7. The average Bonchev–Trinajstić information content (AvgIpc) is 3.55. The first-order valence-corrected chi connectivity index (χ1v) is 14.6. The maximum atomic E-state index is 13.6. The number of carbonyl (C=O) groups excluding carboxylic acids is 3. The number of carbonyl (C=O) groups is 3. The van der Waals surface area contributed by atoms with Gasteiger partial charge >= 0.3 is 6.03 Å². The number of anilines is 2. The lowest BCUT2D eigenvalue weighted by molar-refractivity contribution is -0.121. The number of nitrogens with zero attached hydrogens (tertiary/aromatic N) is 2. The molecule has 1 aromatic heterocycles. The van der Waals surface area contributed by atoms with Gasteiger partial charge in [0.15, 0.2) is 0 Å². The van der Waals surface area contributed by atoms with Crippen molar-refractivity contribution in [2.45, 2.75) is 54.6 Å². The predicted molar refractivity (Wildman–Crippen MR) is 157 cm³/mol. The van der Waals surface area contributed by atoms with Crippen molar-refractivity contribution in [2.75, 3.05) is 18.5 Å². The number of aryl methyl sites for hydroxylation is 1. The standard InChI is InChI=1S/C30H32N6O4S/c1-17-14-21(40-20-6-4-3-5-7-20)10-11-22(17)36-23-12-13-32-29-25(23)26(35-30(36)39)27(41-29)28(38)34-19-9-8-18(15-19)33-24(37)16-31-2/h3-7,10-14,18-19,26-27,31H,8-9,15-16H2,1-2H3,(H,33,37)(H,34,38)(H,35,39)/t18-,19+,26?,27?/m1/s1. The lowest BCUT2D eigenvalue weighted by atomic mass is 9.99. The van der Waals surface area contributed by atoms with Crippen molar-refractivity contribution in [3.8, 4) is 11.5 Å². The number of urea groups is 1. The lowest BCUT2D eigenvalue weighted by Crippen LogP contribution is -2.50. The van der Waals surface area contributed by atoms with E-state index >= 15 is 0 Å². The number of aromatic nitrogens is 1. The molecule has 4 atom stereocenters. The molecular weight excluding hydrogens is 540 g/mol. The number of ether oxygens (including phenoxy) is 1. The first kappa shape index (κ1) is 27.1. The molecule has 212 valence electrons. The summed E-state index contributed by atoms with van der Waals surface area (Å²) in [6.07, 6.45) is 3.97. The van der Waals surface area contributed by atoms with E-state index in [1.54, 1.807) is 18.1 Å². The van der Waals surface area contributed by atoms with E-state index in [1.165, 1.54) is 11.8 Å². The molecule has 6 rings (SSSR count). The van der Waals surface area contributed by atoms with Crippen LogP contribution in [0.25, 0.3) is 0 Å². The Hall–Kier alpha value is -4.09. The van der Waals surface area contributed by atoms with Gasteiger partial charge in [-0.2, -0.15) is 0 Å². The van der Waals surface area contributed by atoms with Gasteiger partial charge in [-0.15, -0.1) is 0 Å². The van der Waals surface area contributed by atoms with E-state index in [0.717, 1.165) is 46.1 Å². The zero-order valence-electron chi connectivity index (χ0n) is 22.8. The second-order valence-electron chi connectivity index (χ2n) is 10.5. The summed E-state index contributed by atoms with van der Waals surface area (Å²) in [5, 5.41) is 12.3. The zero-order valence-corrected chi connectivity index (χ0v) is 23.7. The Kier molecular flexibility index (Phi) is 7.55. The van der Waals surface area contributed by atoms with Gasteiger partial charge in [0.1, 0.15) is 21.8 Å². The predicted octanol–water partition coefficient (Wildman–Crippen LogP) is 3.93. The van der Waals surface area contributed by atoms with Gasteiger partial charge in [-0.05, 0) is 75.2 Å². The summed E-state index contributed by atoms with van der Waals surface area (Å²) in [6, 6.07) is 16.2. The van der Waals surface area contributed by atoms with Crippen LogP contribution in [0.15, 0.2) is 65.8 Å². The summed E-state index contributed by atoms with van der Waals surface area (Å²) < 4.78 is 5.97. The minimum absolute atomic E-state index is 0.0332. The molecule has 10 nitrogen and oxygen atoms in total. The van der Waals surface area contributed by atoms with E-state index in [1.807, 2.05) is 61.5 Å². The number of rotatable bonds is 8. The third-order valence-corrected chi connectivity index (χ3v) is 8.92. The van der Waals surface area contributed by atoms with Gasteiger partial charge in [0.25, 0.3) is 0 Å². The topological polar surface area (TPSA) is 125 Å². The molecule has 1 aliphatic carbocycles. The van der Waals surface area contributed by atoms with Crippen molar-refractivity contribution >= 4 is 41.0 Å². The molecule has 3 heterocycles. The van der Waals surface area contributed by atoms with E-state index in [4.69, 9.17) is 4.74 Å². The molecule has 11 heteroatoms. The van der Waals surface area contributed by atoms with Crippen molar-refractivity contribution in [1.82, 2.24) is 26.3 Å². The number of nitrogens with one attached hydrogen (secondary N) is 4. The number of thioether (sulfide) groups is 1. The van der Waals surface area contributed by atoms with Crippen LogP contribution in [0.1, 0.15) is 36.4 Å². The quantitative estimate of drug-likeness (QED) is 0.322. The molecule has 2 unspecified atom stereocenters. The van der Waals surface area contributed by atoms with E-state index in [2.05, 4.69) is 26.3 Å². The fraction of sp³-hybridized carbons (Fsp3) is 0.333. The van der Waals surface area contributed by atoms with Crippen molar-refractivity contribution < 1.29 is 19.1 Å². The van der Waals surface area contributed by atoms with E-state index in [0.29, 0.717) is 12.2 Å². The Bertz CT molecular complexity index is 1490. The molecule has 0 saturated heterocycles. The summed E-state index contributed by atoms with van der Waals surface area (Å²) in [7, 11) is 1.73. The Morgan fingerprint density at radius 2 is 1.83 bits per heavy atom. The van der Waals surface area contributed by atoms with Gasteiger partial charge in [-0.1, -0.05) is 30.0 Å². The van der Waals surface area contributed by atoms with Crippen molar-refractivity contribution in [2.24, 2.45) is 0 Å². The first-order chi connectivity index (χ1) is 19.9. The summed E-state index contributed by atoms with van der Waals surface area (Å²) in [5.41, 5.74) is 3.17. The number of hydrogen-bond acceptors (Lipinski definition) is 7. The molecule has 0 bridgehead atoms. The van der Waals surface area contributed by atoms with Crippen LogP contribution in [0.4, 0.5) is 16.2 Å². The van der Waals surface area contributed by atoms with Gasteiger partial charge in [-0.25, -0.2) is 9.78 Å². The highest BCUT2D eigenvalue weighted by atomic mass is 32.2. The van der Waals surface area contributed by atoms with Crippen LogP contribution in [-0.4, -0.2) is 53.8 Å². The van der Waals surface area contributed by atoms with Crippen LogP contribution >= 0.6 is 11.8 Å². The number of likely N-dealkylation sites (N-methyl/N-ethyl adjacent to an activating group) is 1. The Balaban J connectivity index is 1.18. The van der Waals surface area contributed by atoms with Crippen molar-refractivity contribution in [3.05, 3.63) is 71.9 Å². The molecule has 2 aliphatic heterocycles. The van der Waals surface area contributed by atoms with Crippen molar-refractivity contribution in [1.29, 1.82) is 0 Å². The largest absolute Gasteiger partial charge is 0.457 e. The number of hydrogen-bond donors (Lipinski definition) is 4. The second kappa shape index (κ2) is 11.4. The van der Waals surface area contributed by atoms with Crippen LogP contribution in [0.3, 0.4) is 0 Å². The fourth-order valence-electron chi connectivity index (χ4n) is 5.80. The molecule has 4 amide bonds.